The van der Waals surface area contributed by atoms with Crippen LogP contribution >= 0.6 is 0 Å². The van der Waals surface area contributed by atoms with Crippen LogP contribution in [0, 0.1) is 11.3 Å². The van der Waals surface area contributed by atoms with Crippen LogP contribution in [0.15, 0.2) is 0 Å². The lowest BCUT2D eigenvalue weighted by atomic mass is 9.80. The zero-order valence-corrected chi connectivity index (χ0v) is 7.05. The largest absolute Gasteiger partial charge is 0.353 e. The highest BCUT2D eigenvalue weighted by Gasteiger charge is 2.35. The van der Waals surface area contributed by atoms with Gasteiger partial charge in [-0.1, -0.05) is 27.7 Å². The molecule has 0 aliphatic carbocycles. The summed E-state index contributed by atoms with van der Waals surface area (Å²) in [6, 6.07) is 0. The van der Waals surface area contributed by atoms with E-state index in [1.54, 1.807) is 6.92 Å². The van der Waals surface area contributed by atoms with Gasteiger partial charge in [0.15, 0.2) is 0 Å². The average Bonchev–Trinajstić information content (AvgIpc) is 1.59. The number of rotatable bonds is 1. The first-order chi connectivity index (χ1) is 4.15. The molecular formula is C7H17NO2. The van der Waals surface area contributed by atoms with Crippen molar-refractivity contribution in [1.82, 2.24) is 0 Å². The van der Waals surface area contributed by atoms with Crippen LogP contribution in [0.5, 0.6) is 0 Å². The lowest BCUT2D eigenvalue weighted by Gasteiger charge is -2.34. The summed E-state index contributed by atoms with van der Waals surface area (Å²) in [4.78, 5) is 0. The lowest BCUT2D eigenvalue weighted by Crippen LogP contribution is -2.50. The van der Waals surface area contributed by atoms with Gasteiger partial charge in [-0.25, -0.2) is 0 Å². The summed E-state index contributed by atoms with van der Waals surface area (Å²) < 4.78 is 0. The van der Waals surface area contributed by atoms with E-state index in [1.807, 2.05) is 20.8 Å². The van der Waals surface area contributed by atoms with Crippen molar-refractivity contribution in [3.05, 3.63) is 0 Å². The summed E-state index contributed by atoms with van der Waals surface area (Å²) >= 11 is 0. The molecule has 3 heteroatoms. The molecule has 0 aliphatic rings. The predicted molar refractivity (Wildman–Crippen MR) is 40.0 cm³/mol. The normalized spacial score (nSPS) is 17.1. The predicted octanol–water partition coefficient (Wildman–Crippen LogP) is 0.266. The molecule has 0 spiro atoms. The van der Waals surface area contributed by atoms with Crippen molar-refractivity contribution < 1.29 is 10.2 Å². The lowest BCUT2D eigenvalue weighted by molar-refractivity contribution is -0.212. The third-order valence-corrected chi connectivity index (χ3v) is 1.94. The second-order valence-electron chi connectivity index (χ2n) is 3.87. The summed E-state index contributed by atoms with van der Waals surface area (Å²) in [5, 5.41) is 17.9. The van der Waals surface area contributed by atoms with Crippen molar-refractivity contribution >= 4 is 0 Å². The van der Waals surface area contributed by atoms with Gasteiger partial charge < -0.3 is 10.2 Å². The van der Waals surface area contributed by atoms with Gasteiger partial charge in [0.05, 0.1) is 0 Å². The summed E-state index contributed by atoms with van der Waals surface area (Å²) in [6.07, 6.45) is 0. The van der Waals surface area contributed by atoms with Crippen LogP contribution in [-0.2, 0) is 0 Å². The molecule has 0 radical (unpaired) electrons. The smallest absolute Gasteiger partial charge is 0.222 e. The molecule has 4 N–H and O–H groups in total. The van der Waals surface area contributed by atoms with Gasteiger partial charge in [-0.3, -0.25) is 5.73 Å². The Morgan fingerprint density at radius 1 is 1.20 bits per heavy atom. The van der Waals surface area contributed by atoms with Gasteiger partial charge >= 0.3 is 0 Å². The second-order valence-corrected chi connectivity index (χ2v) is 3.87. The monoisotopic (exact) mass is 147 g/mol. The molecule has 0 aromatic carbocycles. The van der Waals surface area contributed by atoms with E-state index >= 15 is 0 Å². The molecule has 0 aliphatic heterocycles. The van der Waals surface area contributed by atoms with Crippen molar-refractivity contribution in [2.24, 2.45) is 17.1 Å². The van der Waals surface area contributed by atoms with E-state index in [0.717, 1.165) is 0 Å². The molecular weight excluding hydrogens is 130 g/mol. The van der Waals surface area contributed by atoms with Crippen LogP contribution in [0.1, 0.15) is 27.7 Å². The molecule has 0 rings (SSSR count). The van der Waals surface area contributed by atoms with Crippen molar-refractivity contribution in [3.8, 4) is 0 Å². The Kier molecular flexibility index (Phi) is 2.46. The zero-order chi connectivity index (χ0) is 8.58. The summed E-state index contributed by atoms with van der Waals surface area (Å²) in [5.41, 5.74) is 4.89. The van der Waals surface area contributed by atoms with Crippen LogP contribution in [0.3, 0.4) is 0 Å². The van der Waals surface area contributed by atoms with Crippen molar-refractivity contribution in [3.63, 3.8) is 0 Å². The molecule has 0 saturated heterocycles. The van der Waals surface area contributed by atoms with Crippen LogP contribution in [0.25, 0.3) is 0 Å². The van der Waals surface area contributed by atoms with E-state index in [9.17, 15) is 0 Å². The molecule has 62 valence electrons. The van der Waals surface area contributed by atoms with E-state index < -0.39 is 5.91 Å². The molecule has 1 unspecified atom stereocenters. The Labute approximate surface area is 61.9 Å². The Balaban J connectivity index is 4.23. The van der Waals surface area contributed by atoms with E-state index in [-0.39, 0.29) is 11.3 Å². The van der Waals surface area contributed by atoms with E-state index in [2.05, 4.69) is 0 Å². The SMILES string of the molecule is CC(C(C)(C)C)C(N)(O)O. The summed E-state index contributed by atoms with van der Waals surface area (Å²) in [6.45, 7) is 7.43. The Bertz CT molecular complexity index is 95.8. The highest BCUT2D eigenvalue weighted by atomic mass is 16.5. The maximum absolute atomic E-state index is 8.96. The molecule has 10 heavy (non-hydrogen) atoms. The number of aliphatic hydroxyl groups is 2. The van der Waals surface area contributed by atoms with Crippen molar-refractivity contribution in [1.29, 1.82) is 0 Å². The highest BCUT2D eigenvalue weighted by Crippen LogP contribution is 2.30. The molecule has 3 nitrogen and oxygen atoms in total. The van der Waals surface area contributed by atoms with E-state index in [1.165, 1.54) is 0 Å². The molecule has 1 atom stereocenters. The van der Waals surface area contributed by atoms with Gasteiger partial charge in [0.2, 0.25) is 5.91 Å². The van der Waals surface area contributed by atoms with Gasteiger partial charge in [0.1, 0.15) is 0 Å². The molecule has 0 bridgehead atoms. The van der Waals surface area contributed by atoms with Crippen LogP contribution in [0.2, 0.25) is 0 Å². The Morgan fingerprint density at radius 3 is 1.50 bits per heavy atom. The van der Waals surface area contributed by atoms with Crippen molar-refractivity contribution in [2.45, 2.75) is 33.6 Å². The zero-order valence-electron chi connectivity index (χ0n) is 7.05. The number of hydrogen-bond acceptors (Lipinski definition) is 3. The third-order valence-electron chi connectivity index (χ3n) is 1.94. The fourth-order valence-corrected chi connectivity index (χ4v) is 0.637. The molecule has 0 amide bonds. The third kappa shape index (κ3) is 2.64. The quantitative estimate of drug-likeness (QED) is 0.466. The molecule has 0 saturated carbocycles. The van der Waals surface area contributed by atoms with Gasteiger partial charge in [0, 0.05) is 5.92 Å². The number of nitrogens with two attached hydrogens (primary N) is 1. The summed E-state index contributed by atoms with van der Waals surface area (Å²) in [7, 11) is 0. The Hall–Kier alpha value is -0.120. The maximum atomic E-state index is 8.96. The van der Waals surface area contributed by atoms with Crippen LogP contribution < -0.4 is 5.73 Å². The van der Waals surface area contributed by atoms with Gasteiger partial charge in [-0.2, -0.15) is 0 Å². The molecule has 0 heterocycles. The topological polar surface area (TPSA) is 66.5 Å². The van der Waals surface area contributed by atoms with E-state index in [4.69, 9.17) is 15.9 Å². The minimum Gasteiger partial charge on any atom is -0.353 e. The summed E-state index contributed by atoms with van der Waals surface area (Å²) in [5.74, 6) is -2.40. The minimum atomic E-state index is -2.06. The maximum Gasteiger partial charge on any atom is 0.222 e. The first-order valence-corrected chi connectivity index (χ1v) is 3.39. The average molecular weight is 147 g/mol. The first kappa shape index (κ1) is 9.88. The van der Waals surface area contributed by atoms with Gasteiger partial charge in [-0.05, 0) is 5.41 Å². The second kappa shape index (κ2) is 2.49. The molecule has 0 aromatic heterocycles. The fourth-order valence-electron chi connectivity index (χ4n) is 0.637. The van der Waals surface area contributed by atoms with E-state index in [0.29, 0.717) is 0 Å². The van der Waals surface area contributed by atoms with Gasteiger partial charge in [-0.15, -0.1) is 0 Å². The van der Waals surface area contributed by atoms with Gasteiger partial charge in [0.25, 0.3) is 0 Å². The molecule has 0 fully saturated rings. The van der Waals surface area contributed by atoms with Crippen molar-refractivity contribution in [2.75, 3.05) is 0 Å². The van der Waals surface area contributed by atoms with Crippen LogP contribution in [0.4, 0.5) is 0 Å². The first-order valence-electron chi connectivity index (χ1n) is 3.39. The molecule has 0 aromatic rings. The number of hydrogen-bond donors (Lipinski definition) is 3. The standard InChI is InChI=1S/C7H17NO2/c1-5(6(2,3)4)7(8,9)10/h5,9-10H,8H2,1-4H3. The van der Waals surface area contributed by atoms with Crippen LogP contribution in [-0.4, -0.2) is 16.1 Å². The minimum absolute atomic E-state index is 0.182. The Morgan fingerprint density at radius 2 is 1.50 bits per heavy atom. The fraction of sp³-hybridized carbons (Fsp3) is 1.00. The highest BCUT2D eigenvalue weighted by molar-refractivity contribution is 4.77.